The highest BCUT2D eigenvalue weighted by molar-refractivity contribution is 5.81. The molecule has 1 unspecified atom stereocenters. The second-order valence-electron chi connectivity index (χ2n) is 9.46. The summed E-state index contributed by atoms with van der Waals surface area (Å²) < 4.78 is 121. The van der Waals surface area contributed by atoms with Crippen molar-refractivity contribution in [2.45, 2.75) is 44.7 Å². The van der Waals surface area contributed by atoms with Crippen LogP contribution in [0.1, 0.15) is 48.4 Å². The second kappa shape index (κ2) is 10.5. The summed E-state index contributed by atoms with van der Waals surface area (Å²) in [7, 11) is 0. The summed E-state index contributed by atoms with van der Waals surface area (Å²) in [5.41, 5.74) is -0.482. The Balaban J connectivity index is 2.37. The molecule has 0 amide bonds. The average molecular weight is 563 g/mol. The molecule has 3 nitrogen and oxygen atoms in total. The summed E-state index contributed by atoms with van der Waals surface area (Å²) in [6.45, 7) is 3.41. The molecule has 0 aliphatic carbocycles. The van der Waals surface area contributed by atoms with Gasteiger partial charge in [-0.1, -0.05) is 32.0 Å². The van der Waals surface area contributed by atoms with E-state index in [4.69, 9.17) is 5.73 Å². The SMILES string of the molecule is CC(C)CC(C(=O)O)c1cc(-c2cc(C(F)(F)F)cc(C(F)(F)F)c2)cc(-c2ccc(N)c(C(F)(F)F)c2)c1. The van der Waals surface area contributed by atoms with E-state index in [2.05, 4.69) is 0 Å². The van der Waals surface area contributed by atoms with Gasteiger partial charge in [-0.2, -0.15) is 39.5 Å². The summed E-state index contributed by atoms with van der Waals surface area (Å²) >= 11 is 0. The van der Waals surface area contributed by atoms with Gasteiger partial charge in [-0.25, -0.2) is 0 Å². The van der Waals surface area contributed by atoms with E-state index in [0.717, 1.165) is 18.2 Å². The van der Waals surface area contributed by atoms with Gasteiger partial charge in [0.05, 0.1) is 22.6 Å². The first-order valence-corrected chi connectivity index (χ1v) is 11.4. The topological polar surface area (TPSA) is 63.3 Å². The molecule has 210 valence electrons. The first-order chi connectivity index (χ1) is 17.8. The lowest BCUT2D eigenvalue weighted by molar-refractivity contribution is -0.143. The molecule has 0 aliphatic heterocycles. The monoisotopic (exact) mass is 563 g/mol. The van der Waals surface area contributed by atoms with E-state index in [1.54, 1.807) is 13.8 Å². The van der Waals surface area contributed by atoms with Gasteiger partial charge in [0.25, 0.3) is 0 Å². The largest absolute Gasteiger partial charge is 0.481 e. The van der Waals surface area contributed by atoms with Crippen molar-refractivity contribution in [3.8, 4) is 22.3 Å². The predicted octanol–water partition coefficient (Wildman–Crippen LogP) is 8.87. The maximum absolute atomic E-state index is 13.5. The maximum Gasteiger partial charge on any atom is 0.418 e. The molecule has 0 spiro atoms. The molecule has 0 radical (unpaired) electrons. The quantitative estimate of drug-likeness (QED) is 0.233. The molecule has 39 heavy (non-hydrogen) atoms. The minimum absolute atomic E-state index is 0.0000501. The molecule has 12 heteroatoms. The molecule has 3 N–H and O–H groups in total. The number of carbonyl (C=O) groups is 1. The van der Waals surface area contributed by atoms with Crippen molar-refractivity contribution in [3.05, 3.63) is 76.9 Å². The Kier molecular flexibility index (Phi) is 8.01. The number of anilines is 1. The van der Waals surface area contributed by atoms with Gasteiger partial charge in [-0.15, -0.1) is 0 Å². The first-order valence-electron chi connectivity index (χ1n) is 11.4. The van der Waals surface area contributed by atoms with E-state index < -0.39 is 58.4 Å². The highest BCUT2D eigenvalue weighted by atomic mass is 19.4. The van der Waals surface area contributed by atoms with Crippen LogP contribution in [-0.4, -0.2) is 11.1 Å². The van der Waals surface area contributed by atoms with E-state index in [-0.39, 0.29) is 40.7 Å². The zero-order valence-corrected chi connectivity index (χ0v) is 20.4. The highest BCUT2D eigenvalue weighted by Crippen LogP contribution is 2.42. The van der Waals surface area contributed by atoms with Crippen LogP contribution in [0.4, 0.5) is 45.2 Å². The fourth-order valence-corrected chi connectivity index (χ4v) is 4.14. The molecule has 3 aromatic carbocycles. The van der Waals surface area contributed by atoms with Crippen molar-refractivity contribution in [1.82, 2.24) is 0 Å². The van der Waals surface area contributed by atoms with Gasteiger partial charge in [0.2, 0.25) is 0 Å². The highest BCUT2D eigenvalue weighted by Gasteiger charge is 2.37. The summed E-state index contributed by atoms with van der Waals surface area (Å²) in [6.07, 6.45) is -15.1. The van der Waals surface area contributed by atoms with Gasteiger partial charge in [-0.3, -0.25) is 4.79 Å². The van der Waals surface area contributed by atoms with Crippen molar-refractivity contribution < 1.29 is 49.4 Å². The van der Waals surface area contributed by atoms with Crippen LogP contribution in [0.2, 0.25) is 0 Å². The summed E-state index contributed by atoms with van der Waals surface area (Å²) in [5.74, 6) is -2.75. The molecule has 3 aromatic rings. The van der Waals surface area contributed by atoms with Crippen LogP contribution in [0.25, 0.3) is 22.3 Å². The molecular weight excluding hydrogens is 541 g/mol. The molecule has 0 saturated carbocycles. The van der Waals surface area contributed by atoms with Crippen LogP contribution in [-0.2, 0) is 23.3 Å². The lowest BCUT2D eigenvalue weighted by Crippen LogP contribution is -2.14. The summed E-state index contributed by atoms with van der Waals surface area (Å²) in [5, 5.41) is 9.82. The number of hydrogen-bond donors (Lipinski definition) is 2. The van der Waals surface area contributed by atoms with E-state index in [1.165, 1.54) is 12.1 Å². The van der Waals surface area contributed by atoms with Crippen molar-refractivity contribution in [3.63, 3.8) is 0 Å². The van der Waals surface area contributed by atoms with Gasteiger partial charge in [-0.05, 0) is 76.6 Å². The Labute approximate surface area is 217 Å². The van der Waals surface area contributed by atoms with Gasteiger partial charge in [0.1, 0.15) is 0 Å². The van der Waals surface area contributed by atoms with Gasteiger partial charge >= 0.3 is 24.5 Å². The molecule has 0 aliphatic rings. The van der Waals surface area contributed by atoms with Crippen molar-refractivity contribution >= 4 is 11.7 Å². The Bertz CT molecular complexity index is 1340. The van der Waals surface area contributed by atoms with E-state index in [0.29, 0.717) is 18.2 Å². The van der Waals surface area contributed by atoms with Gasteiger partial charge in [0, 0.05) is 5.69 Å². The van der Waals surface area contributed by atoms with E-state index in [9.17, 15) is 49.4 Å². The zero-order chi connectivity index (χ0) is 29.5. The molecule has 0 aromatic heterocycles. The number of nitrogen functional groups attached to an aromatic ring is 1. The molecule has 0 saturated heterocycles. The van der Waals surface area contributed by atoms with Crippen LogP contribution >= 0.6 is 0 Å². The molecule has 0 bridgehead atoms. The smallest absolute Gasteiger partial charge is 0.418 e. The third-order valence-corrected chi connectivity index (χ3v) is 5.98. The van der Waals surface area contributed by atoms with E-state index >= 15 is 0 Å². The van der Waals surface area contributed by atoms with Crippen molar-refractivity contribution in [2.24, 2.45) is 5.92 Å². The minimum atomic E-state index is -5.14. The van der Waals surface area contributed by atoms with Crippen LogP contribution in [0, 0.1) is 5.92 Å². The number of carboxylic acid groups (broad SMARTS) is 1. The number of benzene rings is 3. The fraction of sp³-hybridized carbons (Fsp3) is 0.296. The molecule has 0 heterocycles. The number of aliphatic carboxylic acids is 1. The Morgan fingerprint density at radius 3 is 1.64 bits per heavy atom. The maximum atomic E-state index is 13.5. The zero-order valence-electron chi connectivity index (χ0n) is 20.4. The Morgan fingerprint density at radius 1 is 0.718 bits per heavy atom. The van der Waals surface area contributed by atoms with Crippen LogP contribution in [0.5, 0.6) is 0 Å². The fourth-order valence-electron chi connectivity index (χ4n) is 4.14. The van der Waals surface area contributed by atoms with Crippen molar-refractivity contribution in [2.75, 3.05) is 5.73 Å². The third-order valence-electron chi connectivity index (χ3n) is 5.98. The molecule has 0 fully saturated rings. The van der Waals surface area contributed by atoms with Crippen LogP contribution in [0.3, 0.4) is 0 Å². The van der Waals surface area contributed by atoms with Crippen molar-refractivity contribution in [1.29, 1.82) is 0 Å². The third kappa shape index (κ3) is 7.04. The average Bonchev–Trinajstić information content (AvgIpc) is 2.80. The van der Waals surface area contributed by atoms with Crippen LogP contribution < -0.4 is 5.73 Å². The minimum Gasteiger partial charge on any atom is -0.481 e. The standard InChI is InChI=1S/C27H22F9NO2/c1-13(2)5-21(24(38)39)18-7-15(14-3-4-23(37)22(11-14)27(34,35)36)6-16(8-18)17-9-19(25(28,29)30)12-20(10-17)26(31,32)33/h3-4,6-13,21H,5,37H2,1-2H3,(H,38,39). The predicted molar refractivity (Wildman–Crippen MR) is 127 cm³/mol. The number of rotatable bonds is 6. The number of halogens is 9. The van der Waals surface area contributed by atoms with Crippen LogP contribution in [0.15, 0.2) is 54.6 Å². The van der Waals surface area contributed by atoms with Gasteiger partial charge in [0.15, 0.2) is 0 Å². The molecular formula is C27H22F9NO2. The summed E-state index contributed by atoms with van der Waals surface area (Å²) in [4.78, 5) is 12.1. The number of nitrogens with two attached hydrogens (primary N) is 1. The number of hydrogen-bond acceptors (Lipinski definition) is 2. The Hall–Kier alpha value is -3.70. The lowest BCUT2D eigenvalue weighted by atomic mass is 9.85. The normalized spacial score (nSPS) is 13.5. The first kappa shape index (κ1) is 29.9. The number of alkyl halides is 9. The second-order valence-corrected chi connectivity index (χ2v) is 9.46. The Morgan fingerprint density at radius 2 is 1.21 bits per heavy atom. The van der Waals surface area contributed by atoms with Gasteiger partial charge < -0.3 is 10.8 Å². The molecule has 3 rings (SSSR count). The number of carboxylic acids is 1. The molecule has 1 atom stereocenters. The summed E-state index contributed by atoms with van der Waals surface area (Å²) in [6, 6.07) is 7.24. The lowest BCUT2D eigenvalue weighted by Gasteiger charge is -2.20. The van der Waals surface area contributed by atoms with E-state index in [1.807, 2.05) is 0 Å².